The number of carbonyl (C=O) groups is 2. The highest BCUT2D eigenvalue weighted by atomic mass is 35.5. The molecule has 0 saturated heterocycles. The van der Waals surface area contributed by atoms with Crippen molar-refractivity contribution in [2.24, 2.45) is 0 Å². The first-order valence-corrected chi connectivity index (χ1v) is 6.88. The lowest BCUT2D eigenvalue weighted by molar-refractivity contribution is 0.0847. The monoisotopic (exact) mass is 310 g/mol. The molecule has 2 rings (SSSR count). The van der Waals surface area contributed by atoms with Crippen LogP contribution in [0.4, 0.5) is 0 Å². The largest absolute Gasteiger partial charge is 0.507 e. The van der Waals surface area contributed by atoms with E-state index in [0.29, 0.717) is 9.90 Å². The second kappa shape index (κ2) is 5.94. The van der Waals surface area contributed by atoms with Crippen LogP contribution in [-0.4, -0.2) is 16.9 Å². The van der Waals surface area contributed by atoms with E-state index in [4.69, 9.17) is 11.6 Å². The predicted molar refractivity (Wildman–Crippen MR) is 77.1 cm³/mol. The Bertz CT molecular complexity index is 669. The third-order valence-electron chi connectivity index (χ3n) is 2.56. The highest BCUT2D eigenvalue weighted by molar-refractivity contribution is 7.12. The molecule has 20 heavy (non-hydrogen) atoms. The number of hydrogen-bond donors (Lipinski definition) is 3. The molecule has 1 heterocycles. The molecule has 0 aliphatic rings. The van der Waals surface area contributed by atoms with Gasteiger partial charge in [0.2, 0.25) is 0 Å². The smallest absolute Gasteiger partial charge is 0.280 e. The minimum absolute atomic E-state index is 0.0132. The Balaban J connectivity index is 2.04. The zero-order valence-corrected chi connectivity index (χ0v) is 12.0. The van der Waals surface area contributed by atoms with Crippen molar-refractivity contribution < 1.29 is 14.7 Å². The Kier molecular flexibility index (Phi) is 4.26. The van der Waals surface area contributed by atoms with Gasteiger partial charge in [0.15, 0.2) is 0 Å². The molecule has 5 nitrogen and oxygen atoms in total. The average Bonchev–Trinajstić information content (AvgIpc) is 2.84. The molecule has 1 aromatic carbocycles. The Morgan fingerprint density at radius 1 is 1.20 bits per heavy atom. The molecular formula is C13H11ClN2O3S. The maximum absolute atomic E-state index is 11.8. The molecule has 0 atom stereocenters. The maximum Gasteiger partial charge on any atom is 0.280 e. The van der Waals surface area contributed by atoms with Crippen LogP contribution in [0.3, 0.4) is 0 Å². The molecule has 0 saturated carbocycles. The van der Waals surface area contributed by atoms with E-state index in [0.717, 1.165) is 5.56 Å². The number of thiophene rings is 1. The van der Waals surface area contributed by atoms with Gasteiger partial charge in [-0.2, -0.15) is 0 Å². The number of amides is 2. The quantitative estimate of drug-likeness (QED) is 0.746. The molecule has 7 heteroatoms. The van der Waals surface area contributed by atoms with Crippen LogP contribution in [0.15, 0.2) is 29.6 Å². The number of rotatable bonds is 2. The molecule has 0 aliphatic heterocycles. The van der Waals surface area contributed by atoms with E-state index < -0.39 is 11.8 Å². The summed E-state index contributed by atoms with van der Waals surface area (Å²) in [5.74, 6) is -1.27. The number of carbonyl (C=O) groups excluding carboxylic acids is 2. The SMILES string of the molecule is Cc1ccsc1C(=O)NNC(=O)c1cc(Cl)ccc1O. The molecule has 0 unspecified atom stereocenters. The number of phenolic OH excluding ortho intramolecular Hbond substituents is 1. The van der Waals surface area contributed by atoms with Gasteiger partial charge in [0.05, 0.1) is 10.4 Å². The van der Waals surface area contributed by atoms with Crippen molar-refractivity contribution >= 4 is 34.8 Å². The Morgan fingerprint density at radius 3 is 2.55 bits per heavy atom. The lowest BCUT2D eigenvalue weighted by Gasteiger charge is -2.08. The summed E-state index contributed by atoms with van der Waals surface area (Å²) in [6.07, 6.45) is 0. The van der Waals surface area contributed by atoms with Gasteiger partial charge in [-0.15, -0.1) is 11.3 Å². The molecule has 1 aromatic heterocycles. The Labute approximate surface area is 124 Å². The van der Waals surface area contributed by atoms with E-state index in [1.165, 1.54) is 29.5 Å². The molecule has 0 spiro atoms. The van der Waals surface area contributed by atoms with Gasteiger partial charge >= 0.3 is 0 Å². The van der Waals surface area contributed by atoms with Crippen molar-refractivity contribution in [1.82, 2.24) is 10.9 Å². The van der Waals surface area contributed by atoms with Gasteiger partial charge in [-0.25, -0.2) is 0 Å². The van der Waals surface area contributed by atoms with Crippen molar-refractivity contribution in [2.45, 2.75) is 6.92 Å². The van der Waals surface area contributed by atoms with E-state index in [2.05, 4.69) is 10.9 Å². The van der Waals surface area contributed by atoms with Crippen molar-refractivity contribution in [1.29, 1.82) is 0 Å². The van der Waals surface area contributed by atoms with Crippen LogP contribution in [0.5, 0.6) is 5.75 Å². The van der Waals surface area contributed by atoms with E-state index >= 15 is 0 Å². The van der Waals surface area contributed by atoms with Crippen molar-refractivity contribution in [3.63, 3.8) is 0 Å². The van der Waals surface area contributed by atoms with Crippen LogP contribution >= 0.6 is 22.9 Å². The van der Waals surface area contributed by atoms with Gasteiger partial charge in [0.25, 0.3) is 11.8 Å². The molecule has 0 bridgehead atoms. The fraction of sp³-hybridized carbons (Fsp3) is 0.0769. The number of aryl methyl sites for hydroxylation is 1. The van der Waals surface area contributed by atoms with Gasteiger partial charge in [-0.3, -0.25) is 20.4 Å². The zero-order chi connectivity index (χ0) is 14.7. The maximum atomic E-state index is 11.8. The molecule has 3 N–H and O–H groups in total. The van der Waals surface area contributed by atoms with Gasteiger partial charge in [0.1, 0.15) is 5.75 Å². The molecule has 104 valence electrons. The Hall–Kier alpha value is -2.05. The van der Waals surface area contributed by atoms with E-state index in [1.807, 2.05) is 6.07 Å². The lowest BCUT2D eigenvalue weighted by Crippen LogP contribution is -2.41. The van der Waals surface area contributed by atoms with Crippen LogP contribution in [-0.2, 0) is 0 Å². The first-order valence-electron chi connectivity index (χ1n) is 5.62. The molecule has 2 amide bonds. The first-order chi connectivity index (χ1) is 9.49. The fourth-order valence-electron chi connectivity index (χ4n) is 1.53. The van der Waals surface area contributed by atoms with Gasteiger partial charge in [0, 0.05) is 5.02 Å². The third-order valence-corrected chi connectivity index (χ3v) is 3.81. The second-order valence-corrected chi connectivity index (χ2v) is 5.36. The first kappa shape index (κ1) is 14.4. The number of halogens is 1. The second-order valence-electron chi connectivity index (χ2n) is 4.00. The lowest BCUT2D eigenvalue weighted by atomic mass is 10.2. The van der Waals surface area contributed by atoms with Crippen LogP contribution in [0, 0.1) is 6.92 Å². The number of benzene rings is 1. The number of phenols is 1. The Morgan fingerprint density at radius 2 is 1.90 bits per heavy atom. The fourth-order valence-corrected chi connectivity index (χ4v) is 2.53. The third kappa shape index (κ3) is 3.09. The predicted octanol–water partition coefficient (Wildman–Crippen LogP) is 2.49. The summed E-state index contributed by atoms with van der Waals surface area (Å²) in [6.45, 7) is 1.80. The summed E-state index contributed by atoms with van der Waals surface area (Å²) < 4.78 is 0. The van der Waals surface area contributed by atoms with Crippen molar-refractivity contribution in [3.05, 3.63) is 50.7 Å². The van der Waals surface area contributed by atoms with Crippen molar-refractivity contribution in [3.8, 4) is 5.75 Å². The minimum Gasteiger partial charge on any atom is -0.507 e. The standard InChI is InChI=1S/C13H11ClN2O3S/c1-7-4-5-20-11(7)13(19)16-15-12(18)9-6-8(14)2-3-10(9)17/h2-6,17H,1H3,(H,15,18)(H,16,19). The van der Waals surface area contributed by atoms with Crippen LogP contribution in [0.1, 0.15) is 25.6 Å². The summed E-state index contributed by atoms with van der Waals surface area (Å²) in [5, 5.41) is 11.7. The summed E-state index contributed by atoms with van der Waals surface area (Å²) in [5.41, 5.74) is 5.33. The number of hydrazine groups is 1. The zero-order valence-electron chi connectivity index (χ0n) is 10.4. The number of nitrogens with one attached hydrogen (secondary N) is 2. The topological polar surface area (TPSA) is 78.4 Å². The van der Waals surface area contributed by atoms with Gasteiger partial charge < -0.3 is 5.11 Å². The normalized spacial score (nSPS) is 10.1. The molecule has 0 aliphatic carbocycles. The van der Waals surface area contributed by atoms with Gasteiger partial charge in [-0.1, -0.05) is 11.6 Å². The van der Waals surface area contributed by atoms with Crippen LogP contribution < -0.4 is 10.9 Å². The van der Waals surface area contributed by atoms with Crippen LogP contribution in [0.25, 0.3) is 0 Å². The van der Waals surface area contributed by atoms with Crippen LogP contribution in [0.2, 0.25) is 5.02 Å². The van der Waals surface area contributed by atoms with Gasteiger partial charge in [-0.05, 0) is 42.1 Å². The summed E-state index contributed by atoms with van der Waals surface area (Å²) >= 11 is 7.03. The van der Waals surface area contributed by atoms with E-state index in [1.54, 1.807) is 12.3 Å². The molecular weight excluding hydrogens is 300 g/mol. The number of aromatic hydroxyl groups is 1. The summed E-state index contributed by atoms with van der Waals surface area (Å²) in [7, 11) is 0. The van der Waals surface area contributed by atoms with E-state index in [9.17, 15) is 14.7 Å². The molecule has 0 radical (unpaired) electrons. The van der Waals surface area contributed by atoms with E-state index in [-0.39, 0.29) is 11.3 Å². The summed E-state index contributed by atoms with van der Waals surface area (Å²) in [4.78, 5) is 24.2. The number of hydrogen-bond acceptors (Lipinski definition) is 4. The summed E-state index contributed by atoms with van der Waals surface area (Å²) in [6, 6.07) is 5.89. The molecule has 2 aromatic rings. The minimum atomic E-state index is -0.646. The highest BCUT2D eigenvalue weighted by Gasteiger charge is 2.14. The highest BCUT2D eigenvalue weighted by Crippen LogP contribution is 2.21. The average molecular weight is 311 g/mol. The van der Waals surface area contributed by atoms with Crippen molar-refractivity contribution in [2.75, 3.05) is 0 Å². The molecule has 0 fully saturated rings.